The molecule has 1 aromatic heterocycles. The maximum atomic E-state index is 12.4. The van der Waals surface area contributed by atoms with E-state index in [1.165, 1.54) is 0 Å². The fourth-order valence-corrected chi connectivity index (χ4v) is 2.74. The molecule has 0 spiro atoms. The highest BCUT2D eigenvalue weighted by atomic mass is 16.3. The van der Waals surface area contributed by atoms with Crippen LogP contribution in [-0.2, 0) is 11.2 Å². The van der Waals surface area contributed by atoms with E-state index in [1.807, 2.05) is 24.0 Å². The molecule has 1 aromatic rings. The monoisotopic (exact) mass is 264 g/mol. The quantitative estimate of drug-likeness (QED) is 0.911. The lowest BCUT2D eigenvalue weighted by Gasteiger charge is -2.46. The molecule has 1 aliphatic rings. The van der Waals surface area contributed by atoms with Crippen LogP contribution < -0.4 is 5.73 Å². The van der Waals surface area contributed by atoms with Crippen LogP contribution in [0.15, 0.2) is 16.5 Å². The molecule has 0 bridgehead atoms. The second-order valence-electron chi connectivity index (χ2n) is 5.96. The summed E-state index contributed by atoms with van der Waals surface area (Å²) in [5, 5.41) is 0. The summed E-state index contributed by atoms with van der Waals surface area (Å²) < 4.78 is 5.50. The van der Waals surface area contributed by atoms with Gasteiger partial charge in [0.15, 0.2) is 0 Å². The highest BCUT2D eigenvalue weighted by Gasteiger charge is 2.38. The molecule has 19 heavy (non-hydrogen) atoms. The summed E-state index contributed by atoms with van der Waals surface area (Å²) >= 11 is 0. The van der Waals surface area contributed by atoms with Crippen LogP contribution in [0.3, 0.4) is 0 Å². The van der Waals surface area contributed by atoms with Gasteiger partial charge in [0.25, 0.3) is 0 Å². The van der Waals surface area contributed by atoms with E-state index < -0.39 is 0 Å². The van der Waals surface area contributed by atoms with Crippen molar-refractivity contribution in [2.24, 2.45) is 5.73 Å². The minimum Gasteiger partial charge on any atom is -0.466 e. The molecule has 1 amide bonds. The largest absolute Gasteiger partial charge is 0.466 e. The second-order valence-corrected chi connectivity index (χ2v) is 5.96. The Bertz CT molecular complexity index is 451. The smallest absolute Gasteiger partial charge is 0.223 e. The zero-order chi connectivity index (χ0) is 14.0. The first kappa shape index (κ1) is 14.1. The molecule has 0 aromatic carbocycles. The molecular weight excluding hydrogens is 240 g/mol. The average molecular weight is 264 g/mol. The number of carbonyl (C=O) groups is 1. The molecule has 0 aliphatic carbocycles. The number of carbonyl (C=O) groups excluding carboxylic acids is 1. The molecule has 0 radical (unpaired) electrons. The molecule has 0 saturated carbocycles. The molecule has 2 rings (SSSR count). The lowest BCUT2D eigenvalue weighted by molar-refractivity contribution is -0.139. The predicted octanol–water partition coefficient (Wildman–Crippen LogP) is 2.25. The predicted molar refractivity (Wildman–Crippen MR) is 74.8 cm³/mol. The Morgan fingerprint density at radius 1 is 1.53 bits per heavy atom. The molecule has 1 aliphatic heterocycles. The van der Waals surface area contributed by atoms with E-state index in [0.29, 0.717) is 12.8 Å². The van der Waals surface area contributed by atoms with Crippen molar-refractivity contribution >= 4 is 5.91 Å². The van der Waals surface area contributed by atoms with Gasteiger partial charge in [-0.2, -0.15) is 0 Å². The molecule has 106 valence electrons. The van der Waals surface area contributed by atoms with Crippen molar-refractivity contribution in [3.05, 3.63) is 23.7 Å². The van der Waals surface area contributed by atoms with Gasteiger partial charge in [0, 0.05) is 25.4 Å². The fraction of sp³-hybridized carbons (Fsp3) is 0.667. The van der Waals surface area contributed by atoms with Gasteiger partial charge in [0.1, 0.15) is 11.5 Å². The van der Waals surface area contributed by atoms with Gasteiger partial charge in [-0.3, -0.25) is 4.79 Å². The maximum absolute atomic E-state index is 12.4. The zero-order valence-electron chi connectivity index (χ0n) is 12.1. The Hall–Kier alpha value is -1.29. The Morgan fingerprint density at radius 3 is 2.89 bits per heavy atom. The highest BCUT2D eigenvalue weighted by Crippen LogP contribution is 2.27. The summed E-state index contributed by atoms with van der Waals surface area (Å²) in [6, 6.07) is 3.94. The van der Waals surface area contributed by atoms with Crippen LogP contribution in [-0.4, -0.2) is 28.9 Å². The minimum absolute atomic E-state index is 0.0658. The number of nitrogens with two attached hydrogens (primary N) is 1. The van der Waals surface area contributed by atoms with Crippen LogP contribution in [0.2, 0.25) is 0 Å². The molecule has 1 unspecified atom stereocenters. The minimum atomic E-state index is -0.242. The third-order valence-corrected chi connectivity index (χ3v) is 4.18. The number of furan rings is 1. The van der Waals surface area contributed by atoms with E-state index in [-0.39, 0.29) is 17.5 Å². The average Bonchev–Trinajstić information content (AvgIpc) is 2.75. The van der Waals surface area contributed by atoms with Crippen LogP contribution in [0.1, 0.15) is 44.6 Å². The molecule has 1 saturated heterocycles. The first-order chi connectivity index (χ1) is 8.91. The third-order valence-electron chi connectivity index (χ3n) is 4.18. The Balaban J connectivity index is 1.95. The second kappa shape index (κ2) is 5.37. The first-order valence-corrected chi connectivity index (χ1v) is 7.02. The Labute approximate surface area is 114 Å². The molecule has 4 nitrogen and oxygen atoms in total. The lowest BCUT2D eigenvalue weighted by Crippen LogP contribution is -2.61. The van der Waals surface area contributed by atoms with E-state index in [1.54, 1.807) is 0 Å². The summed E-state index contributed by atoms with van der Waals surface area (Å²) in [6.07, 6.45) is 3.14. The zero-order valence-corrected chi connectivity index (χ0v) is 12.1. The van der Waals surface area contributed by atoms with E-state index >= 15 is 0 Å². The molecular formula is C15H24N2O2. The number of amides is 1. The summed E-state index contributed by atoms with van der Waals surface area (Å²) in [6.45, 7) is 6.85. The van der Waals surface area contributed by atoms with Gasteiger partial charge in [-0.25, -0.2) is 0 Å². The Kier molecular flexibility index (Phi) is 3.99. The van der Waals surface area contributed by atoms with Crippen molar-refractivity contribution in [2.75, 3.05) is 6.54 Å². The molecule has 1 fully saturated rings. The number of hydrogen-bond donors (Lipinski definition) is 1. The van der Waals surface area contributed by atoms with E-state index in [2.05, 4.69) is 13.8 Å². The van der Waals surface area contributed by atoms with Gasteiger partial charge < -0.3 is 15.1 Å². The lowest BCUT2D eigenvalue weighted by atomic mass is 9.85. The van der Waals surface area contributed by atoms with Gasteiger partial charge in [-0.15, -0.1) is 0 Å². The van der Waals surface area contributed by atoms with Crippen molar-refractivity contribution in [1.82, 2.24) is 4.90 Å². The summed E-state index contributed by atoms with van der Waals surface area (Å²) in [7, 11) is 0. The van der Waals surface area contributed by atoms with Crippen LogP contribution in [0.5, 0.6) is 0 Å². The normalized spacial score (nSPS) is 22.5. The fourth-order valence-electron chi connectivity index (χ4n) is 2.74. The van der Waals surface area contributed by atoms with Crippen LogP contribution in [0.25, 0.3) is 0 Å². The van der Waals surface area contributed by atoms with E-state index in [4.69, 9.17) is 10.2 Å². The maximum Gasteiger partial charge on any atom is 0.223 e. The van der Waals surface area contributed by atoms with Gasteiger partial charge in [-0.1, -0.05) is 0 Å². The number of piperidine rings is 1. The van der Waals surface area contributed by atoms with Gasteiger partial charge in [0.05, 0.1) is 5.54 Å². The van der Waals surface area contributed by atoms with Gasteiger partial charge >= 0.3 is 0 Å². The highest BCUT2D eigenvalue weighted by molar-refractivity contribution is 5.77. The summed E-state index contributed by atoms with van der Waals surface area (Å²) in [5.41, 5.74) is 5.90. The molecule has 1 atom stereocenters. The Morgan fingerprint density at radius 2 is 2.26 bits per heavy atom. The van der Waals surface area contributed by atoms with Gasteiger partial charge in [0.2, 0.25) is 5.91 Å². The molecule has 4 heteroatoms. The number of hydrogen-bond acceptors (Lipinski definition) is 3. The third kappa shape index (κ3) is 3.00. The summed E-state index contributed by atoms with van der Waals surface area (Å²) in [5.74, 6) is 1.95. The number of rotatable bonds is 3. The van der Waals surface area contributed by atoms with E-state index in [9.17, 15) is 4.79 Å². The van der Waals surface area contributed by atoms with E-state index in [0.717, 1.165) is 30.9 Å². The standard InChI is InChI=1S/C15H24N2O2/c1-11-6-7-12(19-11)8-9-14(18)17-10-4-5-13(16)15(17,2)3/h6-7,13H,4-5,8-10,16H2,1-3H3. The first-order valence-electron chi connectivity index (χ1n) is 7.02. The number of aryl methyl sites for hydroxylation is 2. The topological polar surface area (TPSA) is 59.5 Å². The number of likely N-dealkylation sites (tertiary alicyclic amines) is 1. The SMILES string of the molecule is Cc1ccc(CCC(=O)N2CCCC(N)C2(C)C)o1. The van der Waals surface area contributed by atoms with Crippen molar-refractivity contribution in [2.45, 2.75) is 58.0 Å². The van der Waals surface area contributed by atoms with Crippen molar-refractivity contribution < 1.29 is 9.21 Å². The molecule has 2 N–H and O–H groups in total. The van der Waals surface area contributed by atoms with Gasteiger partial charge in [-0.05, 0) is 45.7 Å². The van der Waals surface area contributed by atoms with Crippen LogP contribution in [0, 0.1) is 6.92 Å². The van der Waals surface area contributed by atoms with Crippen molar-refractivity contribution in [1.29, 1.82) is 0 Å². The van der Waals surface area contributed by atoms with Crippen molar-refractivity contribution in [3.63, 3.8) is 0 Å². The van der Waals surface area contributed by atoms with Crippen molar-refractivity contribution in [3.8, 4) is 0 Å². The summed E-state index contributed by atoms with van der Waals surface area (Å²) in [4.78, 5) is 14.3. The van der Waals surface area contributed by atoms with Crippen LogP contribution >= 0.6 is 0 Å². The van der Waals surface area contributed by atoms with Crippen LogP contribution in [0.4, 0.5) is 0 Å². The number of nitrogens with zero attached hydrogens (tertiary/aromatic N) is 1. The molecule has 2 heterocycles.